The van der Waals surface area contributed by atoms with Crippen molar-refractivity contribution in [3.8, 4) is 0 Å². The topological polar surface area (TPSA) is 460 Å². The van der Waals surface area contributed by atoms with E-state index < -0.39 is 132 Å². The molecule has 1 radical (unpaired) electrons. The molecule has 4 aromatic rings. The normalized spacial score (nSPS) is 16.8. The summed E-state index contributed by atoms with van der Waals surface area (Å²) < 4.78 is 0. The van der Waals surface area contributed by atoms with Crippen LogP contribution in [0.4, 0.5) is 0 Å². The van der Waals surface area contributed by atoms with E-state index in [2.05, 4.69) is 72.8 Å². The fraction of sp³-hybridized carbons (Fsp3) is 0.537. The van der Waals surface area contributed by atoms with Crippen LogP contribution >= 0.6 is 25.3 Å². The molecule has 0 unspecified atom stereocenters. The molecule has 1 saturated heterocycles. The van der Waals surface area contributed by atoms with Crippen molar-refractivity contribution in [2.24, 2.45) is 5.73 Å². The number of carbonyl (C=O) groups is 11. The maximum Gasteiger partial charge on any atom is 0.317 e. The Bertz CT molecular complexity index is 3310. The number of aliphatic carboxylic acids is 3. The minimum absolute atomic E-state index is 0. The number of unbranched alkanes of at least 4 members (excludes halogenated alkanes) is 1. The number of aliphatic hydroxyl groups excluding tert-OH is 3. The Hall–Kier alpha value is -7.73. The van der Waals surface area contributed by atoms with Crippen LogP contribution in [-0.2, 0) is 89.1 Å². The number of carbonyl (C=O) groups excluding carboxylic acids is 8. The van der Waals surface area contributed by atoms with Gasteiger partial charge in [0.05, 0.1) is 51.0 Å². The molecule has 17 N–H and O–H groups in total. The second-order valence-corrected chi connectivity index (χ2v) is 25.5. The summed E-state index contributed by atoms with van der Waals surface area (Å²) in [4.78, 5) is 160. The van der Waals surface area contributed by atoms with Gasteiger partial charge in [0, 0.05) is 111 Å². The van der Waals surface area contributed by atoms with Crippen molar-refractivity contribution in [1.82, 2.24) is 67.1 Å². The molecule has 0 aliphatic carbocycles. The van der Waals surface area contributed by atoms with Gasteiger partial charge < -0.3 is 83.9 Å². The number of H-pyrrole nitrogens is 1. The van der Waals surface area contributed by atoms with Crippen molar-refractivity contribution >= 4 is 101 Å². The van der Waals surface area contributed by atoms with Gasteiger partial charge >= 0.3 is 17.9 Å². The molecule has 5 rings (SSSR count). The Balaban J connectivity index is 0.0000216. The average molecular weight is 1500 g/mol. The fourth-order valence-corrected chi connectivity index (χ4v) is 11.8. The monoisotopic (exact) mass is 1500 g/mol. The third kappa shape index (κ3) is 30.4. The summed E-state index contributed by atoms with van der Waals surface area (Å²) in [7, 11) is 0. The zero-order valence-corrected chi connectivity index (χ0v) is 59.4. The van der Waals surface area contributed by atoms with Crippen LogP contribution in [-0.4, -0.2) is 284 Å². The number of aliphatic hydroxyl groups is 3. The summed E-state index contributed by atoms with van der Waals surface area (Å²) >= 11 is 8.62. The van der Waals surface area contributed by atoms with Crippen LogP contribution in [0.25, 0.3) is 10.9 Å². The molecular formula is C67H98CuN14O17S2. The van der Waals surface area contributed by atoms with Crippen molar-refractivity contribution in [1.29, 1.82) is 0 Å². The van der Waals surface area contributed by atoms with Gasteiger partial charge in [-0.3, -0.25) is 72.3 Å². The van der Waals surface area contributed by atoms with Gasteiger partial charge in [0.15, 0.2) is 0 Å². The summed E-state index contributed by atoms with van der Waals surface area (Å²) in [5.41, 5.74) is 8.30. The zero-order valence-electron chi connectivity index (χ0n) is 56.6. The van der Waals surface area contributed by atoms with E-state index in [1.807, 2.05) is 0 Å². The first-order valence-corrected chi connectivity index (χ1v) is 34.6. The van der Waals surface area contributed by atoms with E-state index in [1.54, 1.807) is 111 Å². The molecule has 0 saturated carbocycles. The van der Waals surface area contributed by atoms with Crippen LogP contribution in [0.5, 0.6) is 0 Å². The van der Waals surface area contributed by atoms with Crippen molar-refractivity contribution in [2.75, 3.05) is 103 Å². The van der Waals surface area contributed by atoms with Crippen LogP contribution < -0.4 is 48.3 Å². The van der Waals surface area contributed by atoms with Crippen LogP contribution in [0, 0.1) is 0 Å². The molecule has 1 aromatic heterocycles. The molecule has 0 spiro atoms. The SMILES string of the molecule is C[C@@H](O)[C@H](NC(=O)[C@H](CCCCN)NC(=O)[C@@H](Cc1c[nH]c2ccccc12)NC(=O)[C@H](Cc1ccccc1)NC(=O)[C@H](CS)NC(=O)[C@@H](Cc1ccccc1)NC(=O)CN1CCCN(CC(=O)O)CCN(CC(=O)O)CCCN(CC(=O)O)CC1)C(=O)N[C@@H](CS)C(=O)N[C@H](CO)[C@@H](C)O.[64Cu]. The third-order valence-corrected chi connectivity index (χ3v) is 17.5. The van der Waals surface area contributed by atoms with Gasteiger partial charge in [-0.2, -0.15) is 25.3 Å². The van der Waals surface area contributed by atoms with E-state index >= 15 is 4.79 Å². The molecule has 31 nitrogen and oxygen atoms in total. The molecule has 10 atom stereocenters. The quantitative estimate of drug-likeness (QED) is 0.0121. The first-order chi connectivity index (χ1) is 47.8. The molecular weight excluding hydrogens is 1400 g/mol. The van der Waals surface area contributed by atoms with Crippen molar-refractivity contribution in [3.63, 3.8) is 0 Å². The van der Waals surface area contributed by atoms with E-state index in [-0.39, 0.29) is 139 Å². The fourth-order valence-electron chi connectivity index (χ4n) is 11.3. The summed E-state index contributed by atoms with van der Waals surface area (Å²) in [6.45, 7) is 2.76. The standard InChI is InChI=1S/C67H98N14O17S2.Cu/c1-42(83)53(39-82)74-66(97)55(41-100)76-67(98)60(43(2)84)77-61(92)49(21-11-12-22-68)71-64(95)52(33-46-34-69-48-20-10-9-19-47(46)48)73-63(94)51(32-45-17-7-4-8-18-45)72-65(96)54(40-99)75-62(93)50(31-44-15-5-3-6-16-44)70-56(85)35-78-23-13-24-80(37-58(88)89)29-30-81(38-59(90)91)26-14-25-79(28-27-78)36-57(86)87;/h3-10,15-20,34,42-43,49-55,60,69,82-84,99-100H,11-14,21-33,35-41,68H2,1-2H3,(H,70,85)(H,71,95)(H,72,96)(H,73,94)(H,74,97)(H,75,93)(H,76,98)(H,77,92)(H,86,87)(H,88,89)(H,90,91);/t42-,43-,49+,50-,51+,52-,53-,54+,55+,60+;/m1./s1/i;1+0. The van der Waals surface area contributed by atoms with Gasteiger partial charge in [-0.05, 0) is 81.8 Å². The average Bonchev–Trinajstić information content (AvgIpc) is 1.75. The number of hydrogen-bond donors (Lipinski definition) is 18. The summed E-state index contributed by atoms with van der Waals surface area (Å²) in [6, 6.07) is 13.2. The van der Waals surface area contributed by atoms with Crippen molar-refractivity contribution in [2.45, 2.75) is 126 Å². The first-order valence-electron chi connectivity index (χ1n) is 33.3. The molecule has 8 amide bonds. The maximum atomic E-state index is 15.1. The number of thiol groups is 2. The maximum absolute atomic E-state index is 15.1. The Morgan fingerprint density at radius 1 is 0.475 bits per heavy atom. The number of para-hydroxylation sites is 1. The molecule has 561 valence electrons. The number of hydrogen-bond acceptors (Lipinski definition) is 21. The number of benzene rings is 3. The summed E-state index contributed by atoms with van der Waals surface area (Å²) in [5, 5.41) is 81.4. The number of carboxylic acids is 3. The third-order valence-electron chi connectivity index (χ3n) is 16.8. The number of aromatic amines is 1. The molecule has 2 heterocycles. The van der Waals surface area contributed by atoms with Gasteiger partial charge in [0.1, 0.15) is 42.3 Å². The minimum atomic E-state index is -1.71. The number of nitrogens with two attached hydrogens (primary N) is 1. The predicted octanol–water partition coefficient (Wildman–Crippen LogP) is -2.93. The van der Waals surface area contributed by atoms with Gasteiger partial charge in [-0.15, -0.1) is 0 Å². The van der Waals surface area contributed by atoms with E-state index in [0.717, 1.165) is 0 Å². The summed E-state index contributed by atoms with van der Waals surface area (Å²) in [6.07, 6.45) is -0.133. The molecule has 0 bridgehead atoms. The van der Waals surface area contributed by atoms with E-state index in [9.17, 15) is 78.6 Å². The number of amides is 8. The predicted molar refractivity (Wildman–Crippen MR) is 377 cm³/mol. The molecule has 34 heteroatoms. The van der Waals surface area contributed by atoms with E-state index in [1.165, 1.54) is 13.8 Å². The first kappa shape index (κ1) is 85.7. The molecule has 1 fully saturated rings. The number of rotatable bonds is 38. The van der Waals surface area contributed by atoms with Crippen molar-refractivity contribution in [3.05, 3.63) is 108 Å². The largest absolute Gasteiger partial charge is 0.480 e. The van der Waals surface area contributed by atoms with E-state index in [0.29, 0.717) is 53.4 Å². The van der Waals surface area contributed by atoms with E-state index in [4.69, 9.17) is 5.73 Å². The van der Waals surface area contributed by atoms with Gasteiger partial charge in [-0.1, -0.05) is 78.9 Å². The minimum Gasteiger partial charge on any atom is -0.480 e. The zero-order chi connectivity index (χ0) is 73.3. The second kappa shape index (κ2) is 45.3. The molecule has 1 aliphatic rings. The number of nitrogens with zero attached hydrogens (tertiary/aromatic N) is 4. The van der Waals surface area contributed by atoms with Crippen molar-refractivity contribution < 1.29 is 100 Å². The molecule has 3 aromatic carbocycles. The number of carboxylic acid groups (broad SMARTS) is 3. The number of nitrogens with one attached hydrogen (secondary N) is 9. The van der Waals surface area contributed by atoms with Crippen LogP contribution in [0.15, 0.2) is 91.1 Å². The Kier molecular flexibility index (Phi) is 38.4. The van der Waals surface area contributed by atoms with Gasteiger partial charge in [-0.25, -0.2) is 0 Å². The second-order valence-electron chi connectivity index (χ2n) is 24.8. The number of fused-ring (bicyclic) bond motifs is 1. The summed E-state index contributed by atoms with van der Waals surface area (Å²) in [5.74, 6) is -10.7. The van der Waals surface area contributed by atoms with Gasteiger partial charge in [0.2, 0.25) is 47.3 Å². The molecule has 101 heavy (non-hydrogen) atoms. The van der Waals surface area contributed by atoms with Gasteiger partial charge in [0.25, 0.3) is 0 Å². The van der Waals surface area contributed by atoms with Crippen LogP contribution in [0.2, 0.25) is 0 Å². The Labute approximate surface area is 608 Å². The Morgan fingerprint density at radius 2 is 0.871 bits per heavy atom. The molecule has 1 aliphatic heterocycles. The Morgan fingerprint density at radius 3 is 1.32 bits per heavy atom. The number of aromatic nitrogens is 1. The van der Waals surface area contributed by atoms with Crippen LogP contribution in [0.3, 0.4) is 0 Å². The van der Waals surface area contributed by atoms with Crippen LogP contribution in [0.1, 0.15) is 62.6 Å². The smallest absolute Gasteiger partial charge is 0.317 e.